The van der Waals surface area contributed by atoms with Crippen molar-refractivity contribution in [1.29, 1.82) is 0 Å². The lowest BCUT2D eigenvalue weighted by Gasteiger charge is -2.15. The van der Waals surface area contributed by atoms with E-state index in [0.29, 0.717) is 0 Å². The Bertz CT molecular complexity index is 325. The van der Waals surface area contributed by atoms with Gasteiger partial charge in [0, 0.05) is 18.4 Å². The van der Waals surface area contributed by atoms with Gasteiger partial charge in [-0.05, 0) is 0 Å². The molecule has 0 heterocycles. The van der Waals surface area contributed by atoms with E-state index in [1.807, 2.05) is 0 Å². The number of ether oxygens (including phenoxy) is 1. The number of carbonyl (C=O) groups excluding carboxylic acids is 1. The minimum absolute atomic E-state index is 0.00572. The molecule has 0 aliphatic heterocycles. The number of hydrogen-bond donors (Lipinski definition) is 1. The third-order valence-electron chi connectivity index (χ3n) is 1.97. The predicted molar refractivity (Wildman–Crippen MR) is 62.4 cm³/mol. The van der Waals surface area contributed by atoms with Crippen LogP contribution in [0.25, 0.3) is 0 Å². The Kier molecular flexibility index (Phi) is 7.50. The van der Waals surface area contributed by atoms with Crippen molar-refractivity contribution in [2.45, 2.75) is 13.3 Å². The van der Waals surface area contributed by atoms with E-state index in [2.05, 4.69) is 11.3 Å². The Hall–Kier alpha value is -1.13. The van der Waals surface area contributed by atoms with E-state index in [1.54, 1.807) is 6.92 Å². The maximum atomic E-state index is 12.0. The van der Waals surface area contributed by atoms with Crippen molar-refractivity contribution in [3.8, 4) is 0 Å². The molecule has 0 radical (unpaired) electrons. The molecule has 1 atom stereocenters. The van der Waals surface area contributed by atoms with Gasteiger partial charge in [-0.25, -0.2) is 4.79 Å². The first kappa shape index (κ1) is 15.9. The van der Waals surface area contributed by atoms with Crippen LogP contribution in [0.15, 0.2) is 12.7 Å². The van der Waals surface area contributed by atoms with Crippen LogP contribution >= 0.6 is 7.37 Å². The van der Waals surface area contributed by atoms with Gasteiger partial charge in [-0.3, -0.25) is 9.36 Å². The maximum absolute atomic E-state index is 12.0. The molecule has 0 saturated heterocycles. The summed E-state index contributed by atoms with van der Waals surface area (Å²) in [5, 5.41) is 8.49. The molecule has 17 heavy (non-hydrogen) atoms. The van der Waals surface area contributed by atoms with Gasteiger partial charge < -0.3 is 14.4 Å². The fraction of sp³-hybridized carbons (Fsp3) is 0.600. The number of rotatable bonds is 9. The fourth-order valence-electron chi connectivity index (χ4n) is 0.985. The molecule has 0 amide bonds. The molecule has 0 bridgehead atoms. The zero-order chi connectivity index (χ0) is 13.3. The lowest BCUT2D eigenvalue weighted by molar-refractivity contribution is -0.138. The Morgan fingerprint density at radius 3 is 2.53 bits per heavy atom. The zero-order valence-electron chi connectivity index (χ0n) is 9.76. The molecular weight excluding hydrogens is 247 g/mol. The van der Waals surface area contributed by atoms with Crippen LogP contribution in [0.5, 0.6) is 0 Å². The first-order valence-electron chi connectivity index (χ1n) is 5.17. The minimum Gasteiger partial charge on any atom is -0.481 e. The van der Waals surface area contributed by atoms with Crippen LogP contribution in [0.4, 0.5) is 0 Å². The first-order chi connectivity index (χ1) is 7.93. The van der Waals surface area contributed by atoms with Crippen LogP contribution in [-0.2, 0) is 23.4 Å². The third-order valence-corrected chi connectivity index (χ3v) is 4.49. The molecule has 1 N–H and O–H groups in total. The molecule has 7 heteroatoms. The van der Waals surface area contributed by atoms with E-state index in [4.69, 9.17) is 9.63 Å². The summed E-state index contributed by atoms with van der Waals surface area (Å²) >= 11 is 0. The van der Waals surface area contributed by atoms with E-state index >= 15 is 0 Å². The average Bonchev–Trinajstić information content (AvgIpc) is 2.31. The van der Waals surface area contributed by atoms with Crippen LogP contribution in [0.3, 0.4) is 0 Å². The van der Waals surface area contributed by atoms with Crippen molar-refractivity contribution in [1.82, 2.24) is 0 Å². The Labute approximate surface area is 100 Å². The van der Waals surface area contributed by atoms with Crippen molar-refractivity contribution in [2.24, 2.45) is 0 Å². The summed E-state index contributed by atoms with van der Waals surface area (Å²) in [7, 11) is -2.92. The van der Waals surface area contributed by atoms with E-state index in [0.717, 1.165) is 6.08 Å². The largest absolute Gasteiger partial charge is 0.481 e. The summed E-state index contributed by atoms with van der Waals surface area (Å²) in [6, 6.07) is 0. The van der Waals surface area contributed by atoms with Gasteiger partial charge in [0.05, 0.1) is 13.0 Å². The SMILES string of the molecule is C=CC(=O)OCCOP(=O)(CC)CCC(=O)O. The molecule has 0 saturated carbocycles. The normalized spacial score (nSPS) is 13.7. The standard InChI is InChI=1S/C10H17O6P/c1-3-10(13)15-6-7-16-17(14,4-2)8-5-9(11)12/h3H,1,4-8H2,2H3,(H,11,12). The zero-order valence-corrected chi connectivity index (χ0v) is 10.7. The fourth-order valence-corrected chi connectivity index (χ4v) is 2.55. The van der Waals surface area contributed by atoms with E-state index in [1.165, 1.54) is 0 Å². The van der Waals surface area contributed by atoms with Gasteiger partial charge >= 0.3 is 11.9 Å². The number of carboxylic acids is 1. The molecule has 6 nitrogen and oxygen atoms in total. The summed E-state index contributed by atoms with van der Waals surface area (Å²) in [6.45, 7) is 4.85. The number of hydrogen-bond acceptors (Lipinski definition) is 5. The third kappa shape index (κ3) is 7.71. The maximum Gasteiger partial charge on any atom is 0.330 e. The highest BCUT2D eigenvalue weighted by Crippen LogP contribution is 2.46. The van der Waals surface area contributed by atoms with Crippen molar-refractivity contribution in [2.75, 3.05) is 25.5 Å². The first-order valence-corrected chi connectivity index (χ1v) is 7.16. The monoisotopic (exact) mass is 264 g/mol. The molecule has 0 aliphatic carbocycles. The second-order valence-corrected chi connectivity index (χ2v) is 6.17. The highest BCUT2D eigenvalue weighted by molar-refractivity contribution is 7.58. The number of esters is 1. The van der Waals surface area contributed by atoms with Crippen molar-refractivity contribution in [3.63, 3.8) is 0 Å². The smallest absolute Gasteiger partial charge is 0.330 e. The summed E-state index contributed by atoms with van der Waals surface area (Å²) in [5.41, 5.74) is 0. The van der Waals surface area contributed by atoms with Gasteiger partial charge in [0.15, 0.2) is 0 Å². The Balaban J connectivity index is 3.95. The molecule has 0 aliphatic rings. The Morgan fingerprint density at radius 1 is 1.41 bits per heavy atom. The van der Waals surface area contributed by atoms with Crippen LogP contribution in [-0.4, -0.2) is 42.6 Å². The summed E-state index contributed by atoms with van der Waals surface area (Å²) in [4.78, 5) is 21.0. The van der Waals surface area contributed by atoms with Gasteiger partial charge in [0.1, 0.15) is 6.61 Å². The quantitative estimate of drug-likeness (QED) is 0.294. The van der Waals surface area contributed by atoms with Gasteiger partial charge in [-0.15, -0.1) is 0 Å². The Morgan fingerprint density at radius 2 is 2.06 bits per heavy atom. The second-order valence-electron chi connectivity index (χ2n) is 3.20. The number of carbonyl (C=O) groups is 2. The molecule has 0 aromatic heterocycles. The predicted octanol–water partition coefficient (Wildman–Crippen LogP) is 1.50. The molecule has 0 rings (SSSR count). The average molecular weight is 264 g/mol. The lowest BCUT2D eigenvalue weighted by Crippen LogP contribution is -2.10. The minimum atomic E-state index is -2.92. The molecule has 0 fully saturated rings. The van der Waals surface area contributed by atoms with E-state index in [-0.39, 0.29) is 32.0 Å². The van der Waals surface area contributed by atoms with Crippen LogP contribution in [0.1, 0.15) is 13.3 Å². The van der Waals surface area contributed by atoms with Crippen molar-refractivity contribution in [3.05, 3.63) is 12.7 Å². The molecule has 0 aromatic carbocycles. The number of carboxylic acid groups (broad SMARTS) is 1. The van der Waals surface area contributed by atoms with Crippen molar-refractivity contribution >= 4 is 19.3 Å². The van der Waals surface area contributed by atoms with Gasteiger partial charge in [-0.1, -0.05) is 13.5 Å². The van der Waals surface area contributed by atoms with Crippen LogP contribution < -0.4 is 0 Å². The molecule has 98 valence electrons. The summed E-state index contributed by atoms with van der Waals surface area (Å²) in [6.07, 6.45) is 1.07. The molecular formula is C10H17O6P. The van der Waals surface area contributed by atoms with E-state index in [9.17, 15) is 14.2 Å². The van der Waals surface area contributed by atoms with Gasteiger partial charge in [-0.2, -0.15) is 0 Å². The van der Waals surface area contributed by atoms with Crippen LogP contribution in [0.2, 0.25) is 0 Å². The summed E-state index contributed by atoms with van der Waals surface area (Å²) < 4.78 is 21.7. The summed E-state index contributed by atoms with van der Waals surface area (Å²) in [5.74, 6) is -1.59. The van der Waals surface area contributed by atoms with Crippen molar-refractivity contribution < 1.29 is 28.5 Å². The second kappa shape index (κ2) is 8.03. The highest BCUT2D eigenvalue weighted by Gasteiger charge is 2.21. The van der Waals surface area contributed by atoms with Crippen LogP contribution in [0, 0.1) is 0 Å². The molecule has 1 unspecified atom stereocenters. The molecule has 0 spiro atoms. The van der Waals surface area contributed by atoms with Gasteiger partial charge in [0.2, 0.25) is 7.37 Å². The number of aliphatic carboxylic acids is 1. The lowest BCUT2D eigenvalue weighted by atomic mass is 10.5. The van der Waals surface area contributed by atoms with E-state index < -0.39 is 19.3 Å². The van der Waals surface area contributed by atoms with Gasteiger partial charge in [0.25, 0.3) is 0 Å². The topological polar surface area (TPSA) is 89.9 Å². The highest BCUT2D eigenvalue weighted by atomic mass is 31.2. The molecule has 0 aromatic rings.